The van der Waals surface area contributed by atoms with Gasteiger partial charge in [0.15, 0.2) is 11.5 Å². The summed E-state index contributed by atoms with van der Waals surface area (Å²) in [6, 6.07) is 4.76. The van der Waals surface area contributed by atoms with Crippen molar-refractivity contribution in [1.29, 1.82) is 0 Å². The molecule has 7 nitrogen and oxygen atoms in total. The fourth-order valence-corrected chi connectivity index (χ4v) is 3.50. The van der Waals surface area contributed by atoms with E-state index in [-0.39, 0.29) is 5.56 Å². The van der Waals surface area contributed by atoms with Crippen LogP contribution in [0.5, 0.6) is 0 Å². The smallest absolute Gasteiger partial charge is 0.259 e. The molecule has 3 aromatic rings. The Balaban J connectivity index is 1.53. The van der Waals surface area contributed by atoms with Crippen LogP contribution in [0.25, 0.3) is 5.65 Å². The number of amides is 1. The fourth-order valence-electron chi connectivity index (χ4n) is 3.50. The SMILES string of the molecule is Cc1cn2cc(NC(=O)c3ccc(N4CCN(C)CC4)cc3F)nc2c(C)n1. The Morgan fingerprint density at radius 3 is 2.57 bits per heavy atom. The van der Waals surface area contributed by atoms with Crippen molar-refractivity contribution in [2.24, 2.45) is 0 Å². The summed E-state index contributed by atoms with van der Waals surface area (Å²) >= 11 is 0. The number of halogens is 1. The third-order valence-corrected chi connectivity index (χ3v) is 5.03. The van der Waals surface area contributed by atoms with E-state index in [2.05, 4.69) is 32.1 Å². The largest absolute Gasteiger partial charge is 0.369 e. The average Bonchev–Trinajstić information content (AvgIpc) is 3.04. The van der Waals surface area contributed by atoms with E-state index in [0.717, 1.165) is 43.3 Å². The second kappa shape index (κ2) is 7.20. The molecule has 0 unspecified atom stereocenters. The van der Waals surface area contributed by atoms with Crippen LogP contribution in [0.3, 0.4) is 0 Å². The van der Waals surface area contributed by atoms with Crippen LogP contribution in [0.1, 0.15) is 21.7 Å². The minimum absolute atomic E-state index is 0.000890. The third kappa shape index (κ3) is 3.55. The molecule has 8 heteroatoms. The predicted octanol–water partition coefficient (Wildman–Crippen LogP) is 2.49. The minimum Gasteiger partial charge on any atom is -0.369 e. The van der Waals surface area contributed by atoms with Gasteiger partial charge >= 0.3 is 0 Å². The molecule has 0 atom stereocenters. The Morgan fingerprint density at radius 2 is 1.86 bits per heavy atom. The molecule has 0 spiro atoms. The first kappa shape index (κ1) is 18.4. The first-order chi connectivity index (χ1) is 13.4. The molecule has 0 aliphatic carbocycles. The van der Waals surface area contributed by atoms with Gasteiger partial charge in [-0.3, -0.25) is 9.78 Å². The fraction of sp³-hybridized carbons (Fsp3) is 0.350. The lowest BCUT2D eigenvalue weighted by Gasteiger charge is -2.34. The van der Waals surface area contributed by atoms with Gasteiger partial charge in [0.05, 0.1) is 23.1 Å². The number of benzene rings is 1. The molecule has 146 valence electrons. The standard InChI is InChI=1S/C20H23FN6O/c1-13-11-27-12-18(23-19(27)14(2)22-13)24-20(28)16-5-4-15(10-17(16)21)26-8-6-25(3)7-9-26/h4-5,10-12H,6-9H2,1-3H3,(H,24,28). The number of carbonyl (C=O) groups is 1. The number of hydrogen-bond acceptors (Lipinski definition) is 5. The summed E-state index contributed by atoms with van der Waals surface area (Å²) in [6.45, 7) is 7.31. The van der Waals surface area contributed by atoms with Gasteiger partial charge < -0.3 is 19.5 Å². The van der Waals surface area contributed by atoms with Crippen molar-refractivity contribution in [3.63, 3.8) is 0 Å². The van der Waals surface area contributed by atoms with Crippen molar-refractivity contribution in [2.75, 3.05) is 43.4 Å². The first-order valence-electron chi connectivity index (χ1n) is 9.28. The van der Waals surface area contributed by atoms with Gasteiger partial charge in [-0.2, -0.15) is 0 Å². The number of aryl methyl sites for hydroxylation is 2. The highest BCUT2D eigenvalue weighted by molar-refractivity contribution is 6.04. The van der Waals surface area contributed by atoms with E-state index in [1.165, 1.54) is 12.1 Å². The molecule has 4 rings (SSSR count). The van der Waals surface area contributed by atoms with E-state index in [0.29, 0.717) is 11.5 Å². The number of aromatic nitrogens is 3. The number of likely N-dealkylation sites (N-methyl/N-ethyl adjacent to an activating group) is 1. The molecule has 0 radical (unpaired) electrons. The Kier molecular flexibility index (Phi) is 4.72. The number of carbonyl (C=O) groups excluding carboxylic acids is 1. The van der Waals surface area contributed by atoms with Crippen LogP contribution in [0.2, 0.25) is 0 Å². The number of nitrogens with one attached hydrogen (secondary N) is 1. The Labute approximate surface area is 162 Å². The van der Waals surface area contributed by atoms with Gasteiger partial charge in [-0.05, 0) is 39.1 Å². The highest BCUT2D eigenvalue weighted by Crippen LogP contribution is 2.21. The molecule has 2 aromatic heterocycles. The summed E-state index contributed by atoms with van der Waals surface area (Å²) in [6.07, 6.45) is 3.53. The summed E-state index contributed by atoms with van der Waals surface area (Å²) in [5, 5.41) is 2.68. The molecular weight excluding hydrogens is 359 g/mol. The van der Waals surface area contributed by atoms with E-state index in [4.69, 9.17) is 0 Å². The molecule has 28 heavy (non-hydrogen) atoms. The van der Waals surface area contributed by atoms with Crippen molar-refractivity contribution in [2.45, 2.75) is 13.8 Å². The van der Waals surface area contributed by atoms with Crippen molar-refractivity contribution in [1.82, 2.24) is 19.3 Å². The maximum absolute atomic E-state index is 14.6. The lowest BCUT2D eigenvalue weighted by atomic mass is 10.1. The summed E-state index contributed by atoms with van der Waals surface area (Å²) in [5.74, 6) is -0.692. The van der Waals surface area contributed by atoms with Crippen LogP contribution in [-0.4, -0.2) is 58.4 Å². The van der Waals surface area contributed by atoms with Gasteiger partial charge in [0.1, 0.15) is 5.82 Å². The number of fused-ring (bicyclic) bond motifs is 1. The number of imidazole rings is 1. The zero-order chi connectivity index (χ0) is 19.8. The number of rotatable bonds is 3. The van der Waals surface area contributed by atoms with Crippen LogP contribution in [0.15, 0.2) is 30.6 Å². The average molecular weight is 382 g/mol. The van der Waals surface area contributed by atoms with Gasteiger partial charge in [-0.1, -0.05) is 0 Å². The molecule has 1 amide bonds. The maximum Gasteiger partial charge on any atom is 0.259 e. The van der Waals surface area contributed by atoms with E-state index < -0.39 is 11.7 Å². The predicted molar refractivity (Wildman–Crippen MR) is 107 cm³/mol. The lowest BCUT2D eigenvalue weighted by molar-refractivity contribution is 0.102. The Morgan fingerprint density at radius 1 is 1.11 bits per heavy atom. The number of anilines is 2. The van der Waals surface area contributed by atoms with E-state index in [1.807, 2.05) is 20.0 Å². The van der Waals surface area contributed by atoms with E-state index in [9.17, 15) is 9.18 Å². The van der Waals surface area contributed by atoms with Crippen LogP contribution in [0.4, 0.5) is 15.9 Å². The quantitative estimate of drug-likeness (QED) is 0.754. The van der Waals surface area contributed by atoms with Gasteiger partial charge in [0, 0.05) is 38.1 Å². The van der Waals surface area contributed by atoms with Gasteiger partial charge in [0.25, 0.3) is 5.91 Å². The number of hydrogen-bond donors (Lipinski definition) is 1. The van der Waals surface area contributed by atoms with Gasteiger partial charge in [-0.15, -0.1) is 0 Å². The maximum atomic E-state index is 14.6. The van der Waals surface area contributed by atoms with Crippen molar-refractivity contribution in [3.05, 3.63) is 53.4 Å². The number of nitrogens with zero attached hydrogens (tertiary/aromatic N) is 5. The molecular formula is C20H23FN6O. The van der Waals surface area contributed by atoms with Gasteiger partial charge in [0.2, 0.25) is 0 Å². The second-order valence-electron chi connectivity index (χ2n) is 7.23. The summed E-state index contributed by atoms with van der Waals surface area (Å²) < 4.78 is 16.4. The first-order valence-corrected chi connectivity index (χ1v) is 9.28. The van der Waals surface area contributed by atoms with Crippen molar-refractivity contribution < 1.29 is 9.18 Å². The minimum atomic E-state index is -0.536. The Hall–Kier alpha value is -3.00. The zero-order valence-corrected chi connectivity index (χ0v) is 16.2. The molecule has 1 aromatic carbocycles. The van der Waals surface area contributed by atoms with Crippen LogP contribution < -0.4 is 10.2 Å². The molecule has 3 heterocycles. The molecule has 1 saturated heterocycles. The summed E-state index contributed by atoms with van der Waals surface area (Å²) in [4.78, 5) is 25.7. The molecule has 1 N–H and O–H groups in total. The molecule has 1 fully saturated rings. The third-order valence-electron chi connectivity index (χ3n) is 5.03. The zero-order valence-electron chi connectivity index (χ0n) is 16.2. The topological polar surface area (TPSA) is 65.8 Å². The molecule has 1 aliphatic heterocycles. The molecule has 1 aliphatic rings. The molecule has 0 bridgehead atoms. The normalized spacial score (nSPS) is 15.2. The van der Waals surface area contributed by atoms with Crippen molar-refractivity contribution in [3.8, 4) is 0 Å². The van der Waals surface area contributed by atoms with Gasteiger partial charge in [-0.25, -0.2) is 9.37 Å². The van der Waals surface area contributed by atoms with E-state index in [1.54, 1.807) is 16.7 Å². The van der Waals surface area contributed by atoms with Crippen LogP contribution >= 0.6 is 0 Å². The highest BCUT2D eigenvalue weighted by atomic mass is 19.1. The monoisotopic (exact) mass is 382 g/mol. The summed E-state index contributed by atoms with van der Waals surface area (Å²) in [7, 11) is 2.07. The number of piperazine rings is 1. The summed E-state index contributed by atoms with van der Waals surface area (Å²) in [5.41, 5.74) is 3.08. The van der Waals surface area contributed by atoms with Crippen LogP contribution in [-0.2, 0) is 0 Å². The lowest BCUT2D eigenvalue weighted by Crippen LogP contribution is -2.44. The highest BCUT2D eigenvalue weighted by Gasteiger charge is 2.18. The second-order valence-corrected chi connectivity index (χ2v) is 7.23. The Bertz CT molecular complexity index is 1040. The molecule has 0 saturated carbocycles. The van der Waals surface area contributed by atoms with Crippen molar-refractivity contribution >= 4 is 23.1 Å². The van der Waals surface area contributed by atoms with E-state index >= 15 is 0 Å². The van der Waals surface area contributed by atoms with Crippen LogP contribution in [0, 0.1) is 19.7 Å².